The summed E-state index contributed by atoms with van der Waals surface area (Å²) in [5, 5.41) is 9.95. The molecule has 2 bridgehead atoms. The average Bonchev–Trinajstić information content (AvgIpc) is 3.66. The minimum absolute atomic E-state index is 0.0533. The molecule has 10 nitrogen and oxygen atoms in total. The molecule has 2 unspecified atom stereocenters. The molecule has 0 saturated carbocycles. The van der Waals surface area contributed by atoms with E-state index in [1.165, 1.54) is 4.90 Å². The standard InChI is InChI=1S/C33H39N3O7/c1-5-18-34(22-10-14-25(15-11-22)42-7-3)30(38)27-26-16-17-33(43-26)28(27)31(39)36(20-21-37)29(33)32(40)35(19-6-2)23-8-12-24(41-4)13-9-23/h5-6,8-15,26-29,37H,1-2,7,16-21H2,3-4H3/t26-,27+,28-,29?,33?/m0/s1. The Morgan fingerprint density at radius 3 is 2.14 bits per heavy atom. The molecule has 2 aromatic carbocycles. The van der Waals surface area contributed by atoms with Crippen molar-refractivity contribution in [1.82, 2.24) is 4.90 Å². The molecule has 1 N–H and O–H groups in total. The smallest absolute Gasteiger partial charge is 0.253 e. The number of likely N-dealkylation sites (tertiary alicyclic amines) is 1. The number of rotatable bonds is 13. The third-order valence-corrected chi connectivity index (χ3v) is 8.66. The highest BCUT2D eigenvalue weighted by atomic mass is 16.5. The average molecular weight is 590 g/mol. The third kappa shape index (κ3) is 5.19. The molecular formula is C33H39N3O7. The maximum absolute atomic E-state index is 14.4. The molecule has 10 heteroatoms. The van der Waals surface area contributed by atoms with Crippen LogP contribution >= 0.6 is 0 Å². The topological polar surface area (TPSA) is 109 Å². The number of benzene rings is 2. The molecule has 0 radical (unpaired) electrons. The van der Waals surface area contributed by atoms with Crippen LogP contribution in [0, 0.1) is 11.8 Å². The maximum Gasteiger partial charge on any atom is 0.253 e. The predicted molar refractivity (Wildman–Crippen MR) is 162 cm³/mol. The highest BCUT2D eigenvalue weighted by Crippen LogP contribution is 2.59. The first-order valence-corrected chi connectivity index (χ1v) is 14.7. The van der Waals surface area contributed by atoms with E-state index in [1.807, 2.05) is 6.92 Å². The largest absolute Gasteiger partial charge is 0.497 e. The second-order valence-corrected chi connectivity index (χ2v) is 10.9. The number of hydrogen-bond acceptors (Lipinski definition) is 7. The van der Waals surface area contributed by atoms with Gasteiger partial charge >= 0.3 is 0 Å². The Labute approximate surface area is 252 Å². The van der Waals surface area contributed by atoms with Gasteiger partial charge in [0.2, 0.25) is 11.8 Å². The lowest BCUT2D eigenvalue weighted by atomic mass is 9.70. The van der Waals surface area contributed by atoms with Crippen molar-refractivity contribution in [3.63, 3.8) is 0 Å². The summed E-state index contributed by atoms with van der Waals surface area (Å²) in [7, 11) is 1.57. The number of fused-ring (bicyclic) bond motifs is 1. The molecule has 1 spiro atoms. The summed E-state index contributed by atoms with van der Waals surface area (Å²) in [4.78, 5) is 47.5. The fourth-order valence-corrected chi connectivity index (χ4v) is 6.94. The predicted octanol–water partition coefficient (Wildman–Crippen LogP) is 3.20. The van der Waals surface area contributed by atoms with Crippen molar-refractivity contribution in [2.45, 2.75) is 37.5 Å². The van der Waals surface area contributed by atoms with Gasteiger partial charge in [0.15, 0.2) is 0 Å². The molecule has 3 amide bonds. The van der Waals surface area contributed by atoms with E-state index in [-0.39, 0.29) is 44.0 Å². The fraction of sp³-hybridized carbons (Fsp3) is 0.424. The Kier molecular flexibility index (Phi) is 8.89. The number of anilines is 2. The van der Waals surface area contributed by atoms with E-state index in [1.54, 1.807) is 77.6 Å². The van der Waals surface area contributed by atoms with Crippen LogP contribution in [0.2, 0.25) is 0 Å². The van der Waals surface area contributed by atoms with Crippen LogP contribution in [0.5, 0.6) is 11.5 Å². The molecule has 3 fully saturated rings. The first kappa shape index (κ1) is 30.3. The van der Waals surface area contributed by atoms with Crippen LogP contribution in [0.1, 0.15) is 19.8 Å². The lowest BCUT2D eigenvalue weighted by Gasteiger charge is -2.36. The molecule has 3 aliphatic heterocycles. The number of aliphatic hydroxyl groups is 1. The molecule has 3 saturated heterocycles. The highest BCUT2D eigenvalue weighted by Gasteiger charge is 2.75. The number of ether oxygens (including phenoxy) is 3. The molecule has 43 heavy (non-hydrogen) atoms. The van der Waals surface area contributed by atoms with Gasteiger partial charge in [-0.05, 0) is 68.3 Å². The van der Waals surface area contributed by atoms with Gasteiger partial charge < -0.3 is 34.0 Å². The quantitative estimate of drug-likeness (QED) is 0.358. The fourth-order valence-electron chi connectivity index (χ4n) is 6.94. The maximum atomic E-state index is 14.4. The van der Waals surface area contributed by atoms with Gasteiger partial charge in [0.1, 0.15) is 23.1 Å². The van der Waals surface area contributed by atoms with Crippen molar-refractivity contribution in [2.24, 2.45) is 11.8 Å². The van der Waals surface area contributed by atoms with E-state index < -0.39 is 29.6 Å². The van der Waals surface area contributed by atoms with Crippen LogP contribution in [0.25, 0.3) is 0 Å². The van der Waals surface area contributed by atoms with Crippen LogP contribution in [0.4, 0.5) is 11.4 Å². The second-order valence-electron chi connectivity index (χ2n) is 10.9. The van der Waals surface area contributed by atoms with Gasteiger partial charge in [-0.3, -0.25) is 14.4 Å². The number of amides is 3. The summed E-state index contributed by atoms with van der Waals surface area (Å²) >= 11 is 0. The Hall–Kier alpha value is -4.15. The number of carbonyl (C=O) groups is 3. The van der Waals surface area contributed by atoms with E-state index in [2.05, 4.69) is 13.2 Å². The van der Waals surface area contributed by atoms with Gasteiger partial charge in [0.05, 0.1) is 38.3 Å². The van der Waals surface area contributed by atoms with Gasteiger partial charge in [-0.2, -0.15) is 0 Å². The summed E-state index contributed by atoms with van der Waals surface area (Å²) in [6.45, 7) is 10.1. The van der Waals surface area contributed by atoms with Crippen molar-refractivity contribution in [2.75, 3.05) is 49.8 Å². The summed E-state index contributed by atoms with van der Waals surface area (Å²) in [6.07, 6.45) is 3.73. The van der Waals surface area contributed by atoms with Crippen molar-refractivity contribution in [3.05, 3.63) is 73.8 Å². The molecule has 3 heterocycles. The van der Waals surface area contributed by atoms with Gasteiger partial charge in [0.25, 0.3) is 5.91 Å². The Balaban J connectivity index is 1.51. The third-order valence-electron chi connectivity index (χ3n) is 8.66. The van der Waals surface area contributed by atoms with E-state index in [0.717, 1.165) is 0 Å². The zero-order valence-electron chi connectivity index (χ0n) is 24.7. The molecule has 228 valence electrons. The van der Waals surface area contributed by atoms with Gasteiger partial charge in [-0.1, -0.05) is 12.2 Å². The molecule has 0 aliphatic carbocycles. The molecule has 3 aliphatic rings. The molecular weight excluding hydrogens is 550 g/mol. The zero-order chi connectivity index (χ0) is 30.7. The molecule has 2 aromatic rings. The van der Waals surface area contributed by atoms with E-state index in [0.29, 0.717) is 42.3 Å². The number of nitrogens with zero attached hydrogens (tertiary/aromatic N) is 3. The van der Waals surface area contributed by atoms with E-state index >= 15 is 0 Å². The zero-order valence-corrected chi connectivity index (χ0v) is 24.7. The summed E-state index contributed by atoms with van der Waals surface area (Å²) < 4.78 is 17.4. The summed E-state index contributed by atoms with van der Waals surface area (Å²) in [5.41, 5.74) is 0.0562. The summed E-state index contributed by atoms with van der Waals surface area (Å²) in [5.74, 6) is -1.29. The summed E-state index contributed by atoms with van der Waals surface area (Å²) in [6, 6.07) is 13.2. The van der Waals surface area contributed by atoms with E-state index in [4.69, 9.17) is 14.2 Å². The number of carbonyl (C=O) groups excluding carboxylic acids is 3. The van der Waals surface area contributed by atoms with Crippen LogP contribution in [0.3, 0.4) is 0 Å². The van der Waals surface area contributed by atoms with Crippen LogP contribution in [-0.2, 0) is 19.1 Å². The highest BCUT2D eigenvalue weighted by molar-refractivity contribution is 6.06. The number of methoxy groups -OCH3 is 1. The molecule has 5 atom stereocenters. The number of aliphatic hydroxyl groups excluding tert-OH is 1. The van der Waals surface area contributed by atoms with E-state index in [9.17, 15) is 19.5 Å². The monoisotopic (exact) mass is 589 g/mol. The van der Waals surface area contributed by atoms with Crippen LogP contribution < -0.4 is 19.3 Å². The molecule has 5 rings (SSSR count). The van der Waals surface area contributed by atoms with Crippen LogP contribution in [0.15, 0.2) is 73.8 Å². The van der Waals surface area contributed by atoms with Crippen LogP contribution in [-0.4, -0.2) is 85.4 Å². The minimum Gasteiger partial charge on any atom is -0.497 e. The first-order chi connectivity index (χ1) is 20.8. The second kappa shape index (κ2) is 12.6. The number of hydrogen-bond donors (Lipinski definition) is 1. The van der Waals surface area contributed by atoms with Crippen molar-refractivity contribution in [1.29, 1.82) is 0 Å². The molecule has 0 aromatic heterocycles. The first-order valence-electron chi connectivity index (χ1n) is 14.7. The van der Waals surface area contributed by atoms with Gasteiger partial charge in [-0.25, -0.2) is 0 Å². The van der Waals surface area contributed by atoms with Crippen molar-refractivity contribution in [3.8, 4) is 11.5 Å². The Bertz CT molecular complexity index is 1360. The normalized spacial score (nSPS) is 25.3. The van der Waals surface area contributed by atoms with Crippen molar-refractivity contribution < 1.29 is 33.7 Å². The Morgan fingerprint density at radius 2 is 1.60 bits per heavy atom. The van der Waals surface area contributed by atoms with Gasteiger partial charge in [-0.15, -0.1) is 13.2 Å². The lowest BCUT2D eigenvalue weighted by molar-refractivity contribution is -0.141. The number of β-amino-alcohol motifs (C(OH)–C–C–N with tert-alkyl or cyclic N) is 1. The SMILES string of the molecule is C=CCN(C(=O)C1N(CCO)C(=O)[C@@H]2[C@H](C(=O)N(CC=C)c3ccc(OCC)cc3)[C@@H]3CCC12O3)c1ccc(OC)cc1. The van der Waals surface area contributed by atoms with Crippen molar-refractivity contribution >= 4 is 29.1 Å². The Morgan fingerprint density at radius 1 is 1.02 bits per heavy atom. The van der Waals surface area contributed by atoms with Gasteiger partial charge in [0, 0.05) is 31.0 Å². The minimum atomic E-state index is -1.20. The lowest BCUT2D eigenvalue weighted by Crippen LogP contribution is -2.57.